The van der Waals surface area contributed by atoms with Gasteiger partial charge >= 0.3 is 0 Å². The molecule has 0 saturated heterocycles. The lowest BCUT2D eigenvalue weighted by molar-refractivity contribution is -0.116. The topological polar surface area (TPSA) is 92.3 Å². The van der Waals surface area contributed by atoms with Crippen molar-refractivity contribution in [3.05, 3.63) is 149 Å². The molecule has 0 heterocycles. The highest BCUT2D eigenvalue weighted by Crippen LogP contribution is 2.30. The molecule has 6 rings (SSSR count). The minimum atomic E-state index is -0.204. The summed E-state index contributed by atoms with van der Waals surface area (Å²) in [6, 6.07) is 41.4. The number of benzene rings is 5. The summed E-state index contributed by atoms with van der Waals surface area (Å²) in [6.45, 7) is 34.0. The number of hydrogen-bond acceptors (Lipinski definition) is 10. The fourth-order valence-corrected chi connectivity index (χ4v) is 8.28. The molecule has 10 heteroatoms. The number of ether oxygens (including phenoxy) is 10. The highest BCUT2D eigenvalue weighted by molar-refractivity contribution is 5.33. The van der Waals surface area contributed by atoms with Crippen molar-refractivity contribution >= 4 is 0 Å². The van der Waals surface area contributed by atoms with Crippen molar-refractivity contribution < 1.29 is 47.4 Å². The highest BCUT2D eigenvalue weighted by atomic mass is 16.7. The Morgan fingerprint density at radius 2 is 0.580 bits per heavy atom. The molecule has 0 aliphatic heterocycles. The largest absolute Gasteiger partial charge is 0.465 e. The predicted octanol–water partition coefficient (Wildman–Crippen LogP) is 19.7. The van der Waals surface area contributed by atoms with Crippen LogP contribution in [0.15, 0.2) is 121 Å². The van der Waals surface area contributed by atoms with Crippen molar-refractivity contribution in [2.24, 2.45) is 0 Å². The summed E-state index contributed by atoms with van der Waals surface area (Å²) in [7, 11) is 6.55. The van der Waals surface area contributed by atoms with Crippen LogP contribution >= 0.6 is 0 Å². The Morgan fingerprint density at radius 3 is 0.802 bits per heavy atom. The Balaban J connectivity index is 0.000000348. The SMILES string of the molecule is CCC(C)(C)c1ccc(OC(C)OC)cc1.CCC(C)c1ccc(OC(C)OC)cc1.CCC(C)c1ccc(OC(C)OC)cc1.CCC(C)c1ccc(OC(C)OC)cc1.CCC(C)c1ccc(OC(C)OC2CCCCC2)cc1. The molecule has 0 amide bonds. The van der Waals surface area contributed by atoms with E-state index in [-0.39, 0.29) is 36.9 Å². The molecule has 1 aliphatic carbocycles. The Kier molecular flexibility index (Phi) is 35.7. The highest BCUT2D eigenvalue weighted by Gasteiger charge is 2.19. The first-order valence-electron chi connectivity index (χ1n) is 30.3. The molecular weight excluding hydrogens is 1010 g/mol. The van der Waals surface area contributed by atoms with Crippen molar-refractivity contribution in [2.75, 3.05) is 28.4 Å². The van der Waals surface area contributed by atoms with Crippen LogP contribution in [0.5, 0.6) is 28.7 Å². The Labute approximate surface area is 493 Å². The van der Waals surface area contributed by atoms with Gasteiger partial charge in [0, 0.05) is 28.4 Å². The second kappa shape index (κ2) is 40.2. The maximum atomic E-state index is 5.97. The zero-order valence-electron chi connectivity index (χ0n) is 54.0. The quantitative estimate of drug-likeness (QED) is 0.0499. The van der Waals surface area contributed by atoms with E-state index in [1.165, 1.54) is 66.3 Å². The van der Waals surface area contributed by atoms with Crippen LogP contribution in [-0.4, -0.2) is 66.0 Å². The number of rotatable bonds is 26. The summed E-state index contributed by atoms with van der Waals surface area (Å²) in [5.41, 5.74) is 7.01. The van der Waals surface area contributed by atoms with Gasteiger partial charge in [0.2, 0.25) is 0 Å². The Hall–Kier alpha value is -5.10. The fourth-order valence-electron chi connectivity index (χ4n) is 8.28. The molecule has 1 saturated carbocycles. The van der Waals surface area contributed by atoms with Crippen LogP contribution in [0, 0.1) is 0 Å². The molecule has 81 heavy (non-hydrogen) atoms. The van der Waals surface area contributed by atoms with Crippen LogP contribution < -0.4 is 23.7 Å². The van der Waals surface area contributed by atoms with Gasteiger partial charge in [0.05, 0.1) is 6.10 Å². The van der Waals surface area contributed by atoms with Gasteiger partial charge in [-0.15, -0.1) is 0 Å². The van der Waals surface area contributed by atoms with E-state index in [1.807, 2.05) is 83.1 Å². The van der Waals surface area contributed by atoms with Gasteiger partial charge in [0.15, 0.2) is 31.5 Å². The van der Waals surface area contributed by atoms with Crippen molar-refractivity contribution in [2.45, 2.75) is 242 Å². The van der Waals surface area contributed by atoms with Crippen LogP contribution in [0.25, 0.3) is 0 Å². The average Bonchev–Trinajstić information content (AvgIpc) is 3.49. The van der Waals surface area contributed by atoms with Crippen molar-refractivity contribution in [3.63, 3.8) is 0 Å². The molecule has 9 atom stereocenters. The van der Waals surface area contributed by atoms with Gasteiger partial charge in [-0.25, -0.2) is 0 Å². The van der Waals surface area contributed by atoms with Crippen LogP contribution in [0.4, 0.5) is 0 Å². The van der Waals surface area contributed by atoms with Gasteiger partial charge < -0.3 is 47.4 Å². The zero-order valence-corrected chi connectivity index (χ0v) is 54.0. The molecule has 5 aromatic rings. The molecule has 10 nitrogen and oxygen atoms in total. The summed E-state index contributed by atoms with van der Waals surface area (Å²) in [4.78, 5) is 0. The summed E-state index contributed by atoms with van der Waals surface area (Å²) in [5, 5.41) is 0. The summed E-state index contributed by atoms with van der Waals surface area (Å²) >= 11 is 0. The molecule has 0 radical (unpaired) electrons. The van der Waals surface area contributed by atoms with Gasteiger partial charge in [-0.1, -0.05) is 156 Å². The molecule has 0 aromatic heterocycles. The van der Waals surface area contributed by atoms with E-state index in [0.29, 0.717) is 29.8 Å². The minimum absolute atomic E-state index is 0.160. The predicted molar refractivity (Wildman–Crippen MR) is 337 cm³/mol. The lowest BCUT2D eigenvalue weighted by atomic mass is 9.82. The van der Waals surface area contributed by atoms with Crippen molar-refractivity contribution in [1.29, 1.82) is 0 Å². The fraction of sp³-hybridized carbons (Fsp3) is 0.577. The number of hydrogen-bond donors (Lipinski definition) is 0. The van der Waals surface area contributed by atoms with Gasteiger partial charge in [-0.05, 0) is 197 Å². The minimum Gasteiger partial charge on any atom is -0.465 e. The standard InChI is InChI=1S/C18H28O2.C14H22O2.3C13H20O2/c1-4-14(2)16-10-12-18(13-11-16)20-15(3)19-17-8-6-5-7-9-17;1-6-14(3,4)12-7-9-13(10-8-12)16-11(2)15-5;3*1-5-10(2)12-6-8-13(9-7-12)15-11(3)14-4/h10-15,17H,4-9H2,1-3H3;7-11H,6H2,1-5H3;3*6-11H,5H2,1-4H3. The van der Waals surface area contributed by atoms with Crippen LogP contribution in [0.1, 0.15) is 226 Å². The van der Waals surface area contributed by atoms with Gasteiger partial charge in [-0.2, -0.15) is 0 Å². The molecule has 0 bridgehead atoms. The van der Waals surface area contributed by atoms with Gasteiger partial charge in [0.1, 0.15) is 28.7 Å². The second-order valence-corrected chi connectivity index (χ2v) is 22.0. The normalized spacial score (nSPS) is 15.7. The third kappa shape index (κ3) is 28.6. The average molecular weight is 1120 g/mol. The summed E-state index contributed by atoms with van der Waals surface area (Å²) < 4.78 is 54.0. The van der Waals surface area contributed by atoms with Crippen molar-refractivity contribution in [1.82, 2.24) is 0 Å². The maximum Gasteiger partial charge on any atom is 0.197 e. The molecule has 1 aliphatic rings. The van der Waals surface area contributed by atoms with E-state index in [0.717, 1.165) is 54.4 Å². The summed E-state index contributed by atoms with van der Waals surface area (Å²) in [5.74, 6) is 6.77. The summed E-state index contributed by atoms with van der Waals surface area (Å²) in [6.07, 6.45) is 11.5. The third-order valence-corrected chi connectivity index (χ3v) is 15.5. The first-order chi connectivity index (χ1) is 38.7. The van der Waals surface area contributed by atoms with Gasteiger partial charge in [-0.3, -0.25) is 0 Å². The molecule has 5 aromatic carbocycles. The Bertz CT molecular complexity index is 2150. The molecular formula is C71H110O10. The first-order valence-corrected chi connectivity index (χ1v) is 30.3. The molecule has 454 valence electrons. The number of methoxy groups -OCH3 is 4. The first kappa shape index (κ1) is 72.0. The monoisotopic (exact) mass is 1120 g/mol. The van der Waals surface area contributed by atoms with Crippen LogP contribution in [0.2, 0.25) is 0 Å². The third-order valence-electron chi connectivity index (χ3n) is 15.5. The maximum absolute atomic E-state index is 5.97. The van der Waals surface area contributed by atoms with E-state index in [1.54, 1.807) is 28.4 Å². The van der Waals surface area contributed by atoms with Gasteiger partial charge in [0.25, 0.3) is 0 Å². The molecule has 0 spiro atoms. The Morgan fingerprint density at radius 1 is 0.346 bits per heavy atom. The van der Waals surface area contributed by atoms with Crippen LogP contribution in [-0.2, 0) is 29.1 Å². The van der Waals surface area contributed by atoms with E-state index < -0.39 is 0 Å². The van der Waals surface area contributed by atoms with E-state index >= 15 is 0 Å². The van der Waals surface area contributed by atoms with E-state index in [2.05, 4.69) is 149 Å². The lowest BCUT2D eigenvalue weighted by Crippen LogP contribution is -2.26. The van der Waals surface area contributed by atoms with E-state index in [4.69, 9.17) is 47.4 Å². The molecule has 0 N–H and O–H groups in total. The lowest BCUT2D eigenvalue weighted by Gasteiger charge is -2.26. The molecule has 1 fully saturated rings. The van der Waals surface area contributed by atoms with Crippen LogP contribution in [0.3, 0.4) is 0 Å². The van der Waals surface area contributed by atoms with E-state index in [9.17, 15) is 0 Å². The molecule has 9 unspecified atom stereocenters. The second-order valence-electron chi connectivity index (χ2n) is 22.0. The smallest absolute Gasteiger partial charge is 0.197 e. The van der Waals surface area contributed by atoms with Crippen molar-refractivity contribution in [3.8, 4) is 28.7 Å². The zero-order chi connectivity index (χ0) is 60.3.